The third-order valence-electron chi connectivity index (χ3n) is 3.58. The highest BCUT2D eigenvalue weighted by molar-refractivity contribution is 9.10. The van der Waals surface area contributed by atoms with Gasteiger partial charge in [0.2, 0.25) is 0 Å². The molecule has 0 fully saturated rings. The summed E-state index contributed by atoms with van der Waals surface area (Å²) >= 11 is 3.50. The Bertz CT molecular complexity index is 765. The number of ether oxygens (including phenoxy) is 4. The van der Waals surface area contributed by atoms with Crippen LogP contribution in [0.3, 0.4) is 0 Å². The second-order valence-corrected chi connectivity index (χ2v) is 6.10. The van der Waals surface area contributed by atoms with E-state index < -0.39 is 0 Å². The van der Waals surface area contributed by atoms with Gasteiger partial charge in [0.15, 0.2) is 23.0 Å². The quantitative estimate of drug-likeness (QED) is 0.488. The van der Waals surface area contributed by atoms with Crippen molar-refractivity contribution in [3.05, 3.63) is 45.9 Å². The minimum Gasteiger partial charge on any atom is -0.493 e. The maximum absolute atomic E-state index is 5.58. The van der Waals surface area contributed by atoms with Crippen molar-refractivity contribution in [3.8, 4) is 23.0 Å². The van der Waals surface area contributed by atoms with Gasteiger partial charge in [-0.1, -0.05) is 6.07 Å². The average Bonchev–Trinajstić information content (AvgIpc) is 2.66. The van der Waals surface area contributed by atoms with E-state index >= 15 is 0 Å². The minimum absolute atomic E-state index is 0.562. The number of methoxy groups -OCH3 is 3. The molecule has 0 aliphatic heterocycles. The first kappa shape index (κ1) is 19.9. The van der Waals surface area contributed by atoms with E-state index in [1.54, 1.807) is 27.5 Å². The molecular formula is C19H23BrN2O4. The van der Waals surface area contributed by atoms with Crippen LogP contribution in [0.4, 0.5) is 0 Å². The van der Waals surface area contributed by atoms with Gasteiger partial charge in [-0.3, -0.25) is 0 Å². The molecule has 0 atom stereocenters. The molecule has 1 N–H and O–H groups in total. The molecule has 0 heterocycles. The van der Waals surface area contributed by atoms with Gasteiger partial charge in [0.25, 0.3) is 0 Å². The molecule has 2 rings (SSSR count). The van der Waals surface area contributed by atoms with Crippen LogP contribution in [0.15, 0.2) is 39.9 Å². The summed E-state index contributed by atoms with van der Waals surface area (Å²) in [6, 6.07) is 9.54. The molecule has 26 heavy (non-hydrogen) atoms. The van der Waals surface area contributed by atoms with Gasteiger partial charge in [-0.15, -0.1) is 0 Å². The molecule has 0 saturated carbocycles. The highest BCUT2D eigenvalue weighted by atomic mass is 79.9. The summed E-state index contributed by atoms with van der Waals surface area (Å²) < 4.78 is 22.3. The molecule has 140 valence electrons. The lowest BCUT2D eigenvalue weighted by atomic mass is 10.2. The SMILES string of the molecule is CCOc1c(Br)cc(/C=N\NCc2ccc(OC)c(OC)c2)cc1OC. The average molecular weight is 423 g/mol. The lowest BCUT2D eigenvalue weighted by Crippen LogP contribution is -2.06. The van der Waals surface area contributed by atoms with Crippen LogP contribution in [0.25, 0.3) is 0 Å². The maximum Gasteiger partial charge on any atom is 0.175 e. The Morgan fingerprint density at radius 2 is 1.73 bits per heavy atom. The lowest BCUT2D eigenvalue weighted by molar-refractivity contribution is 0.309. The Kier molecular flexibility index (Phi) is 7.59. The Balaban J connectivity index is 2.03. The zero-order chi connectivity index (χ0) is 18.9. The number of rotatable bonds is 9. The molecule has 0 unspecified atom stereocenters. The third kappa shape index (κ3) is 5.05. The van der Waals surface area contributed by atoms with E-state index in [4.69, 9.17) is 18.9 Å². The summed E-state index contributed by atoms with van der Waals surface area (Å²) in [4.78, 5) is 0. The fourth-order valence-corrected chi connectivity index (χ4v) is 2.92. The summed E-state index contributed by atoms with van der Waals surface area (Å²) in [5.41, 5.74) is 4.94. The zero-order valence-corrected chi connectivity index (χ0v) is 16.9. The van der Waals surface area contributed by atoms with Crippen molar-refractivity contribution in [2.24, 2.45) is 5.10 Å². The first-order chi connectivity index (χ1) is 12.6. The van der Waals surface area contributed by atoms with Crippen LogP contribution in [0.1, 0.15) is 18.1 Å². The van der Waals surface area contributed by atoms with E-state index in [1.807, 2.05) is 37.3 Å². The van der Waals surface area contributed by atoms with Gasteiger partial charge in [-0.05, 0) is 58.2 Å². The van der Waals surface area contributed by atoms with Crippen LogP contribution in [-0.2, 0) is 6.54 Å². The number of hydrazone groups is 1. The largest absolute Gasteiger partial charge is 0.493 e. The van der Waals surface area contributed by atoms with Gasteiger partial charge in [0, 0.05) is 0 Å². The van der Waals surface area contributed by atoms with Gasteiger partial charge in [0.1, 0.15) is 0 Å². The van der Waals surface area contributed by atoms with Crippen LogP contribution in [0.5, 0.6) is 23.0 Å². The van der Waals surface area contributed by atoms with Crippen molar-refractivity contribution in [3.63, 3.8) is 0 Å². The second-order valence-electron chi connectivity index (χ2n) is 5.25. The predicted octanol–water partition coefficient (Wildman–Crippen LogP) is 4.00. The Labute approximate surface area is 162 Å². The van der Waals surface area contributed by atoms with E-state index in [9.17, 15) is 0 Å². The smallest absolute Gasteiger partial charge is 0.175 e. The van der Waals surface area contributed by atoms with Gasteiger partial charge in [-0.2, -0.15) is 5.10 Å². The van der Waals surface area contributed by atoms with Crippen molar-refractivity contribution in [1.29, 1.82) is 0 Å². The summed E-state index contributed by atoms with van der Waals surface area (Å²) in [5.74, 6) is 2.73. The van der Waals surface area contributed by atoms with E-state index in [-0.39, 0.29) is 0 Å². The lowest BCUT2D eigenvalue weighted by Gasteiger charge is -2.12. The fourth-order valence-electron chi connectivity index (χ4n) is 2.35. The normalized spacial score (nSPS) is 10.7. The second kappa shape index (κ2) is 9.91. The summed E-state index contributed by atoms with van der Waals surface area (Å²) in [6.45, 7) is 3.06. The Hall–Kier alpha value is -2.41. The van der Waals surface area contributed by atoms with Crippen LogP contribution >= 0.6 is 15.9 Å². The monoisotopic (exact) mass is 422 g/mol. The van der Waals surface area contributed by atoms with Crippen LogP contribution in [-0.4, -0.2) is 34.2 Å². The zero-order valence-electron chi connectivity index (χ0n) is 15.3. The molecule has 0 saturated heterocycles. The number of benzene rings is 2. The van der Waals surface area contributed by atoms with Crippen LogP contribution in [0, 0.1) is 0 Å². The van der Waals surface area contributed by atoms with E-state index in [0.717, 1.165) is 15.6 Å². The topological polar surface area (TPSA) is 61.3 Å². The van der Waals surface area contributed by atoms with Crippen LogP contribution < -0.4 is 24.4 Å². The van der Waals surface area contributed by atoms with Crippen molar-refractivity contribution in [2.45, 2.75) is 13.5 Å². The Morgan fingerprint density at radius 3 is 2.38 bits per heavy atom. The van der Waals surface area contributed by atoms with E-state index in [1.165, 1.54) is 0 Å². The van der Waals surface area contributed by atoms with Crippen molar-refractivity contribution in [1.82, 2.24) is 5.43 Å². The molecule has 0 amide bonds. The summed E-state index contributed by atoms with van der Waals surface area (Å²) in [5, 5.41) is 4.26. The summed E-state index contributed by atoms with van der Waals surface area (Å²) in [6.07, 6.45) is 1.73. The predicted molar refractivity (Wildman–Crippen MR) is 106 cm³/mol. The number of nitrogens with zero attached hydrogens (tertiary/aromatic N) is 1. The molecular weight excluding hydrogens is 400 g/mol. The van der Waals surface area contributed by atoms with Gasteiger partial charge in [0.05, 0.1) is 45.2 Å². The van der Waals surface area contributed by atoms with Crippen molar-refractivity contribution in [2.75, 3.05) is 27.9 Å². The van der Waals surface area contributed by atoms with Crippen molar-refractivity contribution < 1.29 is 18.9 Å². The summed E-state index contributed by atoms with van der Waals surface area (Å²) in [7, 11) is 4.84. The van der Waals surface area contributed by atoms with Crippen LogP contribution in [0.2, 0.25) is 0 Å². The molecule has 0 bridgehead atoms. The molecule has 6 nitrogen and oxygen atoms in total. The van der Waals surface area contributed by atoms with Crippen molar-refractivity contribution >= 4 is 22.1 Å². The fraction of sp³-hybridized carbons (Fsp3) is 0.316. The standard InChI is InChI=1S/C19H23BrN2O4/c1-5-26-19-15(20)8-14(10-18(19)25-4)12-22-21-11-13-6-7-16(23-2)17(9-13)24-3/h6-10,12,21H,5,11H2,1-4H3/b22-12-. The molecule has 0 aliphatic rings. The molecule has 0 spiro atoms. The maximum atomic E-state index is 5.58. The highest BCUT2D eigenvalue weighted by Gasteiger charge is 2.10. The molecule has 2 aromatic carbocycles. The van der Waals surface area contributed by atoms with E-state index in [0.29, 0.717) is 36.1 Å². The van der Waals surface area contributed by atoms with Gasteiger partial charge in [-0.25, -0.2) is 0 Å². The number of halogens is 1. The third-order valence-corrected chi connectivity index (χ3v) is 4.17. The first-order valence-corrected chi connectivity index (χ1v) is 8.89. The number of hydrogen-bond donors (Lipinski definition) is 1. The molecule has 2 aromatic rings. The number of nitrogens with one attached hydrogen (secondary N) is 1. The molecule has 0 radical (unpaired) electrons. The first-order valence-electron chi connectivity index (χ1n) is 8.10. The molecule has 0 aromatic heterocycles. The highest BCUT2D eigenvalue weighted by Crippen LogP contribution is 2.36. The van der Waals surface area contributed by atoms with E-state index in [2.05, 4.69) is 26.5 Å². The van der Waals surface area contributed by atoms with Gasteiger partial charge < -0.3 is 24.4 Å². The van der Waals surface area contributed by atoms with Gasteiger partial charge >= 0.3 is 0 Å². The molecule has 0 aliphatic carbocycles. The molecule has 7 heteroatoms. The Morgan fingerprint density at radius 1 is 1.00 bits per heavy atom. The number of hydrogen-bond acceptors (Lipinski definition) is 6. The minimum atomic E-state index is 0.562.